The van der Waals surface area contributed by atoms with E-state index in [4.69, 9.17) is 4.74 Å². The molecule has 0 bridgehead atoms. The molecule has 1 amide bonds. The van der Waals surface area contributed by atoms with Crippen LogP contribution in [-0.2, 0) is 14.3 Å². The Kier molecular flexibility index (Phi) is 48.5. The van der Waals surface area contributed by atoms with Crippen LogP contribution in [-0.4, -0.2) is 46.9 Å². The minimum Gasteiger partial charge on any atom is -0.462 e. The molecule has 0 aliphatic carbocycles. The molecular weight excluding hydrogens is 755 g/mol. The summed E-state index contributed by atoms with van der Waals surface area (Å²) in [6.45, 7) is 6.48. The summed E-state index contributed by atoms with van der Waals surface area (Å²) in [6, 6.07) is -0.696. The number of unbranched alkanes of at least 4 members (excludes halogenated alkanes) is 36. The number of rotatable bonds is 50. The Hall–Kier alpha value is -1.40. The summed E-state index contributed by atoms with van der Waals surface area (Å²) in [7, 11) is 0. The molecule has 3 unspecified atom stereocenters. The van der Waals surface area contributed by atoms with E-state index in [0.717, 1.165) is 51.4 Å². The molecule has 0 saturated heterocycles. The van der Waals surface area contributed by atoms with Gasteiger partial charge in [0.1, 0.15) is 6.10 Å². The molecule has 0 aromatic rings. The highest BCUT2D eigenvalue weighted by atomic mass is 16.5. The van der Waals surface area contributed by atoms with Crippen molar-refractivity contribution in [3.63, 3.8) is 0 Å². The topological polar surface area (TPSA) is 95.9 Å². The van der Waals surface area contributed by atoms with Crippen LogP contribution in [0, 0.1) is 0 Å². The molecule has 61 heavy (non-hydrogen) atoms. The smallest absolute Gasteiger partial charge is 0.306 e. The summed E-state index contributed by atoms with van der Waals surface area (Å²) >= 11 is 0. The highest BCUT2D eigenvalue weighted by Gasteiger charge is 2.24. The van der Waals surface area contributed by atoms with Crippen molar-refractivity contribution in [1.29, 1.82) is 0 Å². The summed E-state index contributed by atoms with van der Waals surface area (Å²) in [6.07, 6.45) is 55.6. The van der Waals surface area contributed by atoms with E-state index in [0.29, 0.717) is 19.3 Å². The molecule has 0 heterocycles. The predicted octanol–water partition coefficient (Wildman–Crippen LogP) is 16.5. The third-order valence-corrected chi connectivity index (χ3v) is 12.8. The van der Waals surface area contributed by atoms with Gasteiger partial charge in [-0.15, -0.1) is 0 Å². The molecule has 3 atom stereocenters. The van der Waals surface area contributed by atoms with Crippen molar-refractivity contribution in [2.24, 2.45) is 0 Å². The largest absolute Gasteiger partial charge is 0.462 e. The molecule has 6 nitrogen and oxygen atoms in total. The molecule has 3 N–H and O–H groups in total. The first kappa shape index (κ1) is 59.6. The number of aliphatic hydroxyl groups is 2. The van der Waals surface area contributed by atoms with Crippen molar-refractivity contribution in [1.82, 2.24) is 5.32 Å². The molecule has 0 fully saturated rings. The normalized spacial score (nSPS) is 13.2. The summed E-state index contributed by atoms with van der Waals surface area (Å²) in [5, 5.41) is 23.8. The number of esters is 1. The van der Waals surface area contributed by atoms with Gasteiger partial charge in [0.15, 0.2) is 0 Å². The highest BCUT2D eigenvalue weighted by molar-refractivity contribution is 5.77. The number of aliphatic hydroxyl groups excluding tert-OH is 2. The average Bonchev–Trinajstić information content (AvgIpc) is 3.25. The van der Waals surface area contributed by atoms with E-state index >= 15 is 0 Å². The molecule has 362 valence electrons. The lowest BCUT2D eigenvalue weighted by Gasteiger charge is -2.24. The third-order valence-electron chi connectivity index (χ3n) is 12.8. The Morgan fingerprint density at radius 1 is 0.459 bits per heavy atom. The fraction of sp³-hybridized carbons (Fsp3) is 0.927. The summed E-state index contributed by atoms with van der Waals surface area (Å²) in [4.78, 5) is 26.2. The maximum absolute atomic E-state index is 13.2. The average molecular weight is 862 g/mol. The van der Waals surface area contributed by atoms with Crippen LogP contribution in [0.15, 0.2) is 12.2 Å². The fourth-order valence-electron chi connectivity index (χ4n) is 8.65. The lowest BCUT2D eigenvalue weighted by Crippen LogP contribution is -2.46. The van der Waals surface area contributed by atoms with Gasteiger partial charge in [-0.05, 0) is 44.9 Å². The van der Waals surface area contributed by atoms with Crippen LogP contribution in [0.5, 0.6) is 0 Å². The Morgan fingerprint density at radius 2 is 0.803 bits per heavy atom. The number of ether oxygens (including phenoxy) is 1. The number of hydrogen-bond acceptors (Lipinski definition) is 5. The molecule has 0 aromatic heterocycles. The molecule has 0 aromatic carbocycles. The molecule has 0 saturated carbocycles. The second-order valence-corrected chi connectivity index (χ2v) is 19.0. The van der Waals surface area contributed by atoms with Gasteiger partial charge in [0.2, 0.25) is 5.91 Å². The van der Waals surface area contributed by atoms with E-state index in [-0.39, 0.29) is 24.9 Å². The Balaban J connectivity index is 4.50. The number of amides is 1. The predicted molar refractivity (Wildman–Crippen MR) is 264 cm³/mol. The molecule has 6 heteroatoms. The number of allylic oxidation sites excluding steroid dienone is 2. The molecule has 0 radical (unpaired) electrons. The molecule has 0 spiro atoms. The van der Waals surface area contributed by atoms with Crippen LogP contribution < -0.4 is 5.32 Å². The van der Waals surface area contributed by atoms with Gasteiger partial charge in [-0.1, -0.05) is 258 Å². The lowest BCUT2D eigenvalue weighted by molar-refractivity contribution is -0.151. The van der Waals surface area contributed by atoms with Crippen LogP contribution in [0.25, 0.3) is 0 Å². The summed E-state index contributed by atoms with van der Waals surface area (Å²) in [5.41, 5.74) is 0. The van der Waals surface area contributed by atoms with Crippen molar-refractivity contribution in [3.05, 3.63) is 12.2 Å². The quantitative estimate of drug-likeness (QED) is 0.0322. The van der Waals surface area contributed by atoms with Gasteiger partial charge in [0, 0.05) is 6.42 Å². The Bertz CT molecular complexity index is 924. The van der Waals surface area contributed by atoms with Crippen LogP contribution in [0.2, 0.25) is 0 Å². The van der Waals surface area contributed by atoms with Gasteiger partial charge in [0.25, 0.3) is 0 Å². The molecular formula is C55H107NO5. The second kappa shape index (κ2) is 49.6. The highest BCUT2D eigenvalue weighted by Crippen LogP contribution is 2.19. The van der Waals surface area contributed by atoms with Gasteiger partial charge in [-0.2, -0.15) is 0 Å². The number of nitrogens with one attached hydrogen (secondary N) is 1. The SMILES string of the molecule is CCCC/C=C\CCCCCCCC(=O)OC(CCCCCCCCCCCCCCCCCCC)CC(=O)NC(CO)C(O)CCCCCCCCCCCCCCCC. The van der Waals surface area contributed by atoms with Crippen LogP contribution >= 0.6 is 0 Å². The molecule has 0 rings (SSSR count). The van der Waals surface area contributed by atoms with Crippen LogP contribution in [0.1, 0.15) is 303 Å². The molecule has 0 aliphatic heterocycles. The van der Waals surface area contributed by atoms with Crippen molar-refractivity contribution in [3.8, 4) is 0 Å². The summed E-state index contributed by atoms with van der Waals surface area (Å²) < 4.78 is 5.94. The zero-order chi connectivity index (χ0) is 44.5. The van der Waals surface area contributed by atoms with E-state index in [1.165, 1.54) is 205 Å². The third kappa shape index (κ3) is 45.0. The van der Waals surface area contributed by atoms with Gasteiger partial charge in [-0.25, -0.2) is 0 Å². The maximum atomic E-state index is 13.2. The van der Waals surface area contributed by atoms with E-state index in [1.54, 1.807) is 0 Å². The monoisotopic (exact) mass is 862 g/mol. The van der Waals surface area contributed by atoms with Crippen molar-refractivity contribution >= 4 is 11.9 Å². The van der Waals surface area contributed by atoms with Crippen molar-refractivity contribution in [2.75, 3.05) is 6.61 Å². The van der Waals surface area contributed by atoms with Gasteiger partial charge < -0.3 is 20.3 Å². The zero-order valence-corrected chi connectivity index (χ0v) is 41.3. The van der Waals surface area contributed by atoms with Gasteiger partial charge >= 0.3 is 5.97 Å². The van der Waals surface area contributed by atoms with E-state index in [1.807, 2.05) is 0 Å². The number of carbonyl (C=O) groups excluding carboxylic acids is 2. The fourth-order valence-corrected chi connectivity index (χ4v) is 8.65. The van der Waals surface area contributed by atoms with E-state index < -0.39 is 18.2 Å². The van der Waals surface area contributed by atoms with Crippen LogP contribution in [0.4, 0.5) is 0 Å². The zero-order valence-electron chi connectivity index (χ0n) is 41.3. The standard InChI is InChI=1S/C55H107NO5/c1-4-7-10-13-16-19-22-24-26-27-28-29-32-34-37-40-43-46-51(61-55(60)48-45-42-39-36-31-21-18-15-12-9-6-3)49-54(59)56-52(50-57)53(58)47-44-41-38-35-33-30-25-23-20-17-14-11-8-5-2/h15,18,51-53,57-58H,4-14,16-17,19-50H2,1-3H3,(H,56,59)/b18-15-. The summed E-state index contributed by atoms with van der Waals surface area (Å²) in [5.74, 6) is -0.465. The van der Waals surface area contributed by atoms with E-state index in [9.17, 15) is 19.8 Å². The van der Waals surface area contributed by atoms with Gasteiger partial charge in [-0.3, -0.25) is 9.59 Å². The minimum atomic E-state index is -0.783. The first-order chi connectivity index (χ1) is 30.0. The van der Waals surface area contributed by atoms with Gasteiger partial charge in [0.05, 0.1) is 25.2 Å². The first-order valence-corrected chi connectivity index (χ1v) is 27.4. The maximum Gasteiger partial charge on any atom is 0.306 e. The first-order valence-electron chi connectivity index (χ1n) is 27.4. The number of carbonyl (C=O) groups is 2. The van der Waals surface area contributed by atoms with E-state index in [2.05, 4.69) is 38.2 Å². The number of hydrogen-bond donors (Lipinski definition) is 3. The minimum absolute atomic E-state index is 0.0818. The van der Waals surface area contributed by atoms with Crippen molar-refractivity contribution < 1.29 is 24.5 Å². The lowest BCUT2D eigenvalue weighted by atomic mass is 10.0. The Morgan fingerprint density at radius 3 is 1.21 bits per heavy atom. The van der Waals surface area contributed by atoms with Crippen LogP contribution in [0.3, 0.4) is 0 Å². The Labute approximate surface area is 380 Å². The second-order valence-electron chi connectivity index (χ2n) is 19.0. The van der Waals surface area contributed by atoms with Crippen molar-refractivity contribution in [2.45, 2.75) is 322 Å². The molecule has 0 aliphatic rings.